The quantitative estimate of drug-likeness (QED) is 0.763. The minimum absolute atomic E-state index is 0.0389. The highest BCUT2D eigenvalue weighted by Gasteiger charge is 2.53. The zero-order chi connectivity index (χ0) is 20.8. The molecule has 4 atom stereocenters. The molecule has 154 valence electrons. The second-order valence-electron chi connectivity index (χ2n) is 8.04. The summed E-state index contributed by atoms with van der Waals surface area (Å²) in [6, 6.07) is 7.43. The van der Waals surface area contributed by atoms with E-state index in [1.165, 1.54) is 24.4 Å². The number of anilines is 1. The van der Waals surface area contributed by atoms with E-state index < -0.39 is 26.6 Å². The number of hydrogen-bond donors (Lipinski definition) is 2. The molecule has 2 fully saturated rings. The van der Waals surface area contributed by atoms with Crippen LogP contribution in [0.2, 0.25) is 5.02 Å². The molecule has 2 saturated carbocycles. The molecule has 1 unspecified atom stereocenters. The number of nitrogens with zero attached hydrogens (tertiary/aromatic N) is 2. The van der Waals surface area contributed by atoms with Crippen molar-refractivity contribution in [2.45, 2.75) is 48.4 Å². The van der Waals surface area contributed by atoms with Gasteiger partial charge in [0.15, 0.2) is 15.7 Å². The summed E-state index contributed by atoms with van der Waals surface area (Å²) in [5.41, 5.74) is -0.640. The first-order valence-corrected chi connectivity index (χ1v) is 11.5. The molecular formula is C20H22ClN3O4S. The van der Waals surface area contributed by atoms with Gasteiger partial charge in [-0.1, -0.05) is 11.6 Å². The Morgan fingerprint density at radius 2 is 1.93 bits per heavy atom. The Morgan fingerprint density at radius 3 is 2.55 bits per heavy atom. The Morgan fingerprint density at radius 1 is 1.24 bits per heavy atom. The number of rotatable bonds is 4. The predicted octanol–water partition coefficient (Wildman–Crippen LogP) is 3.10. The highest BCUT2D eigenvalue weighted by atomic mass is 35.5. The van der Waals surface area contributed by atoms with E-state index in [4.69, 9.17) is 11.6 Å². The van der Waals surface area contributed by atoms with Gasteiger partial charge in [-0.2, -0.15) is 5.10 Å². The number of carbonyl (C=O) groups excluding carboxylic acids is 1. The summed E-state index contributed by atoms with van der Waals surface area (Å²) in [7, 11) is -3.75. The minimum atomic E-state index is -3.75. The van der Waals surface area contributed by atoms with E-state index in [-0.39, 0.29) is 33.1 Å². The molecule has 2 N–H and O–H groups in total. The van der Waals surface area contributed by atoms with Crippen LogP contribution < -0.4 is 5.32 Å². The number of sulfone groups is 1. The third-order valence-electron chi connectivity index (χ3n) is 6.36. The second kappa shape index (κ2) is 7.34. The normalized spacial score (nSPS) is 28.9. The highest BCUT2D eigenvalue weighted by Crippen LogP contribution is 2.51. The summed E-state index contributed by atoms with van der Waals surface area (Å²) in [6.45, 7) is 1.81. The number of nitrogens with one attached hydrogen (secondary N) is 1. The van der Waals surface area contributed by atoms with Gasteiger partial charge in [-0.3, -0.25) is 4.79 Å². The molecule has 0 saturated heterocycles. The molecule has 0 radical (unpaired) electrons. The van der Waals surface area contributed by atoms with Crippen molar-refractivity contribution in [1.29, 1.82) is 0 Å². The largest absolute Gasteiger partial charge is 0.390 e. The van der Waals surface area contributed by atoms with Gasteiger partial charge in [-0.15, -0.1) is 5.10 Å². The Balaban J connectivity index is 1.61. The van der Waals surface area contributed by atoms with Crippen LogP contribution >= 0.6 is 11.6 Å². The van der Waals surface area contributed by atoms with Crippen molar-refractivity contribution < 1.29 is 18.3 Å². The number of fused-ring (bicyclic) bond motifs is 2. The van der Waals surface area contributed by atoms with E-state index >= 15 is 0 Å². The van der Waals surface area contributed by atoms with Crippen LogP contribution in [-0.2, 0) is 9.84 Å². The fraction of sp³-hybridized carbons (Fsp3) is 0.450. The summed E-state index contributed by atoms with van der Waals surface area (Å²) in [5.74, 6) is -0.306. The number of halogens is 1. The van der Waals surface area contributed by atoms with Gasteiger partial charge in [0.1, 0.15) is 0 Å². The van der Waals surface area contributed by atoms with Crippen LogP contribution in [-0.4, -0.2) is 40.5 Å². The van der Waals surface area contributed by atoms with Crippen LogP contribution in [0.25, 0.3) is 0 Å². The molecule has 1 amide bonds. The lowest BCUT2D eigenvalue weighted by molar-refractivity contribution is -0.0413. The van der Waals surface area contributed by atoms with Gasteiger partial charge in [0.25, 0.3) is 5.91 Å². The zero-order valence-electron chi connectivity index (χ0n) is 15.9. The van der Waals surface area contributed by atoms with E-state index in [0.717, 1.165) is 12.8 Å². The van der Waals surface area contributed by atoms with Gasteiger partial charge in [-0.25, -0.2) is 8.42 Å². The molecular weight excluding hydrogens is 414 g/mol. The molecule has 9 heteroatoms. The Labute approximate surface area is 174 Å². The van der Waals surface area contributed by atoms with Gasteiger partial charge in [0, 0.05) is 11.8 Å². The average Bonchev–Trinajstić information content (AvgIpc) is 2.86. The number of aromatic nitrogens is 2. The molecule has 29 heavy (non-hydrogen) atoms. The number of amides is 1. The van der Waals surface area contributed by atoms with Gasteiger partial charge in [0.05, 0.1) is 20.8 Å². The molecule has 0 aliphatic heterocycles. The first-order chi connectivity index (χ1) is 13.7. The van der Waals surface area contributed by atoms with Crippen molar-refractivity contribution in [3.63, 3.8) is 0 Å². The Hall–Kier alpha value is -2.03. The van der Waals surface area contributed by atoms with Crippen LogP contribution in [0.3, 0.4) is 0 Å². The lowest BCUT2D eigenvalue weighted by Gasteiger charge is -2.40. The van der Waals surface area contributed by atoms with Gasteiger partial charge in [-0.05, 0) is 74.8 Å². The lowest BCUT2D eigenvalue weighted by atomic mass is 9.76. The Bertz CT molecular complexity index is 1030. The molecule has 0 spiro atoms. The predicted molar refractivity (Wildman–Crippen MR) is 108 cm³/mol. The monoisotopic (exact) mass is 435 g/mol. The summed E-state index contributed by atoms with van der Waals surface area (Å²) in [5, 5.41) is 20.2. The van der Waals surface area contributed by atoms with Crippen molar-refractivity contribution >= 4 is 33.2 Å². The highest BCUT2D eigenvalue weighted by molar-refractivity contribution is 7.92. The third-order valence-corrected chi connectivity index (χ3v) is 9.02. The SMILES string of the molecule is C[C@@]1(O)C2CC[C@@H]1C[C@@H](S(=O)(=O)c1cc(C(=O)Nc3cccnn3)ccc1Cl)C2. The summed E-state index contributed by atoms with van der Waals surface area (Å²) in [4.78, 5) is 12.5. The summed E-state index contributed by atoms with van der Waals surface area (Å²) >= 11 is 6.23. The molecule has 1 aromatic carbocycles. The van der Waals surface area contributed by atoms with Crippen LogP contribution in [0, 0.1) is 11.8 Å². The third kappa shape index (κ3) is 3.65. The fourth-order valence-electron chi connectivity index (χ4n) is 4.62. The maximum Gasteiger partial charge on any atom is 0.256 e. The lowest BCUT2D eigenvalue weighted by Crippen LogP contribution is -2.45. The minimum Gasteiger partial charge on any atom is -0.390 e. The molecule has 1 heterocycles. The van der Waals surface area contributed by atoms with E-state index in [9.17, 15) is 18.3 Å². The van der Waals surface area contributed by atoms with Gasteiger partial charge >= 0.3 is 0 Å². The second-order valence-corrected chi connectivity index (χ2v) is 10.6. The van der Waals surface area contributed by atoms with Crippen molar-refractivity contribution in [3.8, 4) is 0 Å². The van der Waals surface area contributed by atoms with E-state index in [1.54, 1.807) is 12.1 Å². The summed E-state index contributed by atoms with van der Waals surface area (Å²) < 4.78 is 26.7. The standard InChI is InChI=1S/C20H22ClN3O4S/c1-20(26)13-5-6-14(20)11-15(10-13)29(27,28)17-9-12(4-7-16(17)21)19(25)23-18-3-2-8-22-24-18/h2-4,7-9,13-15,26H,5-6,10-11H2,1H3,(H,23,24,25)/t13-,14?,15-,20+/m1/s1. The number of benzene rings is 1. The van der Waals surface area contributed by atoms with Gasteiger partial charge in [0.2, 0.25) is 0 Å². The number of hydrogen-bond acceptors (Lipinski definition) is 6. The Kier molecular flexibility index (Phi) is 5.13. The molecule has 1 aromatic heterocycles. The van der Waals surface area contributed by atoms with Crippen molar-refractivity contribution in [3.05, 3.63) is 47.1 Å². The van der Waals surface area contributed by atoms with Gasteiger partial charge < -0.3 is 10.4 Å². The molecule has 2 aliphatic carbocycles. The van der Waals surface area contributed by atoms with E-state index in [2.05, 4.69) is 15.5 Å². The van der Waals surface area contributed by atoms with Crippen molar-refractivity contribution in [2.75, 3.05) is 5.32 Å². The maximum atomic E-state index is 13.4. The molecule has 2 aliphatic rings. The van der Waals surface area contributed by atoms with Crippen LogP contribution in [0.15, 0.2) is 41.4 Å². The van der Waals surface area contributed by atoms with E-state index in [1.807, 2.05) is 6.92 Å². The van der Waals surface area contributed by atoms with Crippen LogP contribution in [0.5, 0.6) is 0 Å². The first kappa shape index (κ1) is 20.3. The van der Waals surface area contributed by atoms with Crippen LogP contribution in [0.1, 0.15) is 43.0 Å². The number of aliphatic hydroxyl groups is 1. The maximum absolute atomic E-state index is 13.4. The average molecular weight is 436 g/mol. The van der Waals surface area contributed by atoms with Crippen molar-refractivity contribution in [1.82, 2.24) is 10.2 Å². The topological polar surface area (TPSA) is 109 Å². The van der Waals surface area contributed by atoms with E-state index in [0.29, 0.717) is 12.8 Å². The van der Waals surface area contributed by atoms with Crippen LogP contribution in [0.4, 0.5) is 5.82 Å². The molecule has 7 nitrogen and oxygen atoms in total. The smallest absolute Gasteiger partial charge is 0.256 e. The number of carbonyl (C=O) groups is 1. The summed E-state index contributed by atoms with van der Waals surface area (Å²) in [6.07, 6.45) is 3.95. The zero-order valence-corrected chi connectivity index (χ0v) is 17.4. The molecule has 2 bridgehead atoms. The fourth-order valence-corrected chi connectivity index (χ4v) is 7.02. The molecule has 4 rings (SSSR count). The first-order valence-electron chi connectivity index (χ1n) is 9.54. The molecule has 2 aromatic rings. The van der Waals surface area contributed by atoms with Crippen molar-refractivity contribution in [2.24, 2.45) is 11.8 Å².